The molecule has 2 N–H and O–H groups in total. The minimum Gasteiger partial charge on any atom is -0.382 e. The van der Waals surface area contributed by atoms with Gasteiger partial charge in [0.05, 0.1) is 6.20 Å². The van der Waals surface area contributed by atoms with Crippen LogP contribution in [0.4, 0.5) is 11.8 Å². The van der Waals surface area contributed by atoms with Crippen LogP contribution in [0.5, 0.6) is 0 Å². The summed E-state index contributed by atoms with van der Waals surface area (Å²) in [6.45, 7) is 4.28. The Labute approximate surface area is 94.5 Å². The molecule has 4 nitrogen and oxygen atoms in total. The number of hydrogen-bond donors (Lipinski definition) is 1. The van der Waals surface area contributed by atoms with E-state index in [4.69, 9.17) is 17.3 Å². The first-order chi connectivity index (χ1) is 7.16. The third kappa shape index (κ3) is 2.31. The van der Waals surface area contributed by atoms with E-state index in [9.17, 15) is 0 Å². The molecule has 0 bridgehead atoms. The van der Waals surface area contributed by atoms with E-state index in [-0.39, 0.29) is 0 Å². The van der Waals surface area contributed by atoms with Gasteiger partial charge in [0.25, 0.3) is 0 Å². The van der Waals surface area contributed by atoms with E-state index in [1.807, 2.05) is 0 Å². The van der Waals surface area contributed by atoms with E-state index >= 15 is 0 Å². The van der Waals surface area contributed by atoms with Crippen LogP contribution in [0.15, 0.2) is 6.20 Å². The summed E-state index contributed by atoms with van der Waals surface area (Å²) in [4.78, 5) is 10.5. The number of rotatable bonds is 1. The number of halogens is 1. The van der Waals surface area contributed by atoms with Crippen LogP contribution >= 0.6 is 11.6 Å². The first-order valence-corrected chi connectivity index (χ1v) is 5.57. The summed E-state index contributed by atoms with van der Waals surface area (Å²) in [7, 11) is 0. The van der Waals surface area contributed by atoms with Gasteiger partial charge in [-0.05, 0) is 18.8 Å². The summed E-state index contributed by atoms with van der Waals surface area (Å²) in [5.74, 6) is 1.86. The predicted octanol–water partition coefficient (Wildman–Crippen LogP) is 1.95. The van der Waals surface area contributed by atoms with Crippen molar-refractivity contribution in [3.63, 3.8) is 0 Å². The van der Waals surface area contributed by atoms with Gasteiger partial charge in [-0.1, -0.05) is 18.5 Å². The molecule has 5 heteroatoms. The van der Waals surface area contributed by atoms with Crippen LogP contribution in [0.3, 0.4) is 0 Å². The molecule has 1 aliphatic heterocycles. The van der Waals surface area contributed by atoms with Crippen molar-refractivity contribution in [2.75, 3.05) is 23.7 Å². The van der Waals surface area contributed by atoms with Gasteiger partial charge in [0.1, 0.15) is 10.8 Å². The SMILES string of the molecule is CC1CCN(c2ncc(Cl)c(N)n2)CC1. The number of aromatic nitrogens is 2. The minimum atomic E-state index is 0.361. The molecule has 0 aromatic carbocycles. The zero-order chi connectivity index (χ0) is 10.8. The standard InChI is InChI=1S/C10H15ClN4/c1-7-2-4-15(5-3-7)10-13-6-8(11)9(12)14-10/h6-7H,2-5H2,1H3,(H2,12,13,14). The fourth-order valence-electron chi connectivity index (χ4n) is 1.73. The molecular formula is C10H15ClN4. The lowest BCUT2D eigenvalue weighted by molar-refractivity contribution is 0.434. The molecular weight excluding hydrogens is 212 g/mol. The second kappa shape index (κ2) is 4.23. The smallest absolute Gasteiger partial charge is 0.227 e. The molecule has 1 saturated heterocycles. The van der Waals surface area contributed by atoms with E-state index in [0.717, 1.165) is 19.0 Å². The maximum Gasteiger partial charge on any atom is 0.227 e. The normalized spacial score (nSPS) is 18.1. The zero-order valence-corrected chi connectivity index (χ0v) is 9.54. The Morgan fingerprint density at radius 3 is 2.73 bits per heavy atom. The zero-order valence-electron chi connectivity index (χ0n) is 8.78. The predicted molar refractivity (Wildman–Crippen MR) is 62.1 cm³/mol. The van der Waals surface area contributed by atoms with E-state index in [1.54, 1.807) is 6.20 Å². The van der Waals surface area contributed by atoms with Gasteiger partial charge in [0.2, 0.25) is 5.95 Å². The quantitative estimate of drug-likeness (QED) is 0.795. The van der Waals surface area contributed by atoms with Gasteiger partial charge >= 0.3 is 0 Å². The van der Waals surface area contributed by atoms with Crippen molar-refractivity contribution in [1.29, 1.82) is 0 Å². The fourth-order valence-corrected chi connectivity index (χ4v) is 1.82. The molecule has 1 fully saturated rings. The van der Waals surface area contributed by atoms with Gasteiger partial charge in [-0.15, -0.1) is 0 Å². The average molecular weight is 227 g/mol. The molecule has 1 aromatic heterocycles. The molecule has 0 spiro atoms. The van der Waals surface area contributed by atoms with Crippen LogP contribution in [0, 0.1) is 5.92 Å². The molecule has 0 radical (unpaired) electrons. The lowest BCUT2D eigenvalue weighted by Crippen LogP contribution is -2.34. The van der Waals surface area contributed by atoms with Gasteiger partial charge in [0, 0.05) is 13.1 Å². The highest BCUT2D eigenvalue weighted by molar-refractivity contribution is 6.32. The molecule has 15 heavy (non-hydrogen) atoms. The maximum atomic E-state index is 5.77. The summed E-state index contributed by atoms with van der Waals surface area (Å²) < 4.78 is 0. The lowest BCUT2D eigenvalue weighted by Gasteiger charge is -2.30. The summed E-state index contributed by atoms with van der Waals surface area (Å²) >= 11 is 5.77. The van der Waals surface area contributed by atoms with E-state index < -0.39 is 0 Å². The van der Waals surface area contributed by atoms with Crippen molar-refractivity contribution in [1.82, 2.24) is 9.97 Å². The number of nitrogen functional groups attached to an aromatic ring is 1. The highest BCUT2D eigenvalue weighted by Gasteiger charge is 2.18. The Morgan fingerprint density at radius 1 is 1.47 bits per heavy atom. The second-order valence-corrected chi connectivity index (χ2v) is 4.48. The number of anilines is 2. The minimum absolute atomic E-state index is 0.361. The Kier molecular flexibility index (Phi) is 2.95. The summed E-state index contributed by atoms with van der Waals surface area (Å²) in [5.41, 5.74) is 5.64. The summed E-state index contributed by atoms with van der Waals surface area (Å²) in [6, 6.07) is 0. The molecule has 1 aromatic rings. The van der Waals surface area contributed by atoms with E-state index in [2.05, 4.69) is 21.8 Å². The van der Waals surface area contributed by atoms with Crippen molar-refractivity contribution < 1.29 is 0 Å². The fraction of sp³-hybridized carbons (Fsp3) is 0.600. The topological polar surface area (TPSA) is 55.0 Å². The average Bonchev–Trinajstić information content (AvgIpc) is 2.23. The third-order valence-corrected chi connectivity index (χ3v) is 3.12. The van der Waals surface area contributed by atoms with Crippen LogP contribution < -0.4 is 10.6 Å². The van der Waals surface area contributed by atoms with Crippen LogP contribution in [-0.4, -0.2) is 23.1 Å². The molecule has 0 saturated carbocycles. The third-order valence-electron chi connectivity index (χ3n) is 2.82. The molecule has 82 valence electrons. The molecule has 2 rings (SSSR count). The van der Waals surface area contributed by atoms with E-state index in [0.29, 0.717) is 16.8 Å². The Balaban J connectivity index is 2.12. The molecule has 0 unspecified atom stereocenters. The van der Waals surface area contributed by atoms with Crippen molar-refractivity contribution in [2.45, 2.75) is 19.8 Å². The van der Waals surface area contributed by atoms with Crippen molar-refractivity contribution in [2.24, 2.45) is 5.92 Å². The number of hydrogen-bond acceptors (Lipinski definition) is 4. The largest absolute Gasteiger partial charge is 0.382 e. The van der Waals surface area contributed by atoms with Crippen LogP contribution in [0.1, 0.15) is 19.8 Å². The maximum absolute atomic E-state index is 5.77. The molecule has 0 aliphatic carbocycles. The van der Waals surface area contributed by atoms with Crippen LogP contribution in [0.2, 0.25) is 5.02 Å². The van der Waals surface area contributed by atoms with Crippen molar-refractivity contribution in [3.05, 3.63) is 11.2 Å². The van der Waals surface area contributed by atoms with Gasteiger partial charge in [-0.2, -0.15) is 4.98 Å². The Morgan fingerprint density at radius 2 is 2.13 bits per heavy atom. The number of piperidine rings is 1. The van der Waals surface area contributed by atoms with Crippen LogP contribution in [0.25, 0.3) is 0 Å². The summed E-state index contributed by atoms with van der Waals surface area (Å²) in [6.07, 6.45) is 3.94. The molecule has 0 amide bonds. The summed E-state index contributed by atoms with van der Waals surface area (Å²) in [5, 5.41) is 0.420. The number of nitrogens with two attached hydrogens (primary N) is 1. The Hall–Kier alpha value is -1.03. The number of nitrogens with zero attached hydrogens (tertiary/aromatic N) is 3. The first-order valence-electron chi connectivity index (χ1n) is 5.20. The van der Waals surface area contributed by atoms with Gasteiger partial charge < -0.3 is 10.6 Å². The lowest BCUT2D eigenvalue weighted by atomic mass is 10.00. The molecule has 2 heterocycles. The van der Waals surface area contributed by atoms with Gasteiger partial charge in [0.15, 0.2) is 0 Å². The van der Waals surface area contributed by atoms with Gasteiger partial charge in [-0.3, -0.25) is 0 Å². The highest BCUT2D eigenvalue weighted by Crippen LogP contribution is 2.22. The van der Waals surface area contributed by atoms with E-state index in [1.165, 1.54) is 12.8 Å². The monoisotopic (exact) mass is 226 g/mol. The van der Waals surface area contributed by atoms with Crippen molar-refractivity contribution in [3.8, 4) is 0 Å². The Bertz CT molecular complexity index is 347. The second-order valence-electron chi connectivity index (χ2n) is 4.07. The van der Waals surface area contributed by atoms with Crippen molar-refractivity contribution >= 4 is 23.4 Å². The highest BCUT2D eigenvalue weighted by atomic mass is 35.5. The molecule has 1 aliphatic rings. The van der Waals surface area contributed by atoms with Crippen LogP contribution in [-0.2, 0) is 0 Å². The molecule has 0 atom stereocenters. The van der Waals surface area contributed by atoms with Gasteiger partial charge in [-0.25, -0.2) is 4.98 Å². The first kappa shape index (κ1) is 10.5.